The van der Waals surface area contributed by atoms with Crippen molar-refractivity contribution in [3.8, 4) is 0 Å². The molecule has 2 aromatic carbocycles. The molecule has 37 heavy (non-hydrogen) atoms. The number of nitrogens with zero attached hydrogens (tertiary/aromatic N) is 2. The number of fused-ring (bicyclic) bond motifs is 1. The molecular formula is C29H31N3O5. The van der Waals surface area contributed by atoms with Gasteiger partial charge < -0.3 is 10.4 Å². The van der Waals surface area contributed by atoms with Crippen LogP contribution in [0.2, 0.25) is 0 Å². The third kappa shape index (κ3) is 5.23. The number of carboxylic acids is 1. The Hall–Kier alpha value is -4.07. The molecule has 0 aliphatic carbocycles. The van der Waals surface area contributed by atoms with Crippen LogP contribution in [-0.2, 0) is 16.1 Å². The quantitative estimate of drug-likeness (QED) is 0.454. The Bertz CT molecular complexity index is 1200. The van der Waals surface area contributed by atoms with Crippen molar-refractivity contribution in [2.24, 2.45) is 16.8 Å². The van der Waals surface area contributed by atoms with E-state index in [1.165, 1.54) is 0 Å². The molecular weight excluding hydrogens is 470 g/mol. The molecule has 0 radical (unpaired) electrons. The monoisotopic (exact) mass is 501 g/mol. The Kier molecular flexibility index (Phi) is 7.66. The lowest BCUT2D eigenvalue weighted by Crippen LogP contribution is -2.59. The summed E-state index contributed by atoms with van der Waals surface area (Å²) in [6.45, 7) is 4.29. The van der Waals surface area contributed by atoms with E-state index >= 15 is 0 Å². The van der Waals surface area contributed by atoms with Gasteiger partial charge in [0.1, 0.15) is 5.54 Å². The lowest BCUT2D eigenvalue weighted by atomic mass is 9.72. The van der Waals surface area contributed by atoms with Crippen molar-refractivity contribution in [3.05, 3.63) is 83.4 Å². The molecule has 0 saturated carbocycles. The average molecular weight is 502 g/mol. The van der Waals surface area contributed by atoms with E-state index in [4.69, 9.17) is 4.99 Å². The first kappa shape index (κ1) is 26.0. The summed E-state index contributed by atoms with van der Waals surface area (Å²) in [5, 5.41) is 12.5. The maximum Gasteiger partial charge on any atom is 0.303 e. The summed E-state index contributed by atoms with van der Waals surface area (Å²) in [4.78, 5) is 58.2. The van der Waals surface area contributed by atoms with Crippen molar-refractivity contribution in [2.75, 3.05) is 0 Å². The Morgan fingerprint density at radius 3 is 2.16 bits per heavy atom. The van der Waals surface area contributed by atoms with Gasteiger partial charge in [0.05, 0.1) is 23.1 Å². The Labute approximate surface area is 216 Å². The van der Waals surface area contributed by atoms with Gasteiger partial charge in [0.25, 0.3) is 11.8 Å². The number of benzene rings is 2. The van der Waals surface area contributed by atoms with E-state index in [1.807, 2.05) is 44.2 Å². The zero-order valence-corrected chi connectivity index (χ0v) is 21.0. The molecule has 8 heteroatoms. The number of hydrogen-bond donors (Lipinski definition) is 2. The number of carbonyl (C=O) groups excluding carboxylic acids is 3. The first-order valence-electron chi connectivity index (χ1n) is 12.5. The van der Waals surface area contributed by atoms with E-state index in [2.05, 4.69) is 5.32 Å². The molecule has 0 aromatic heterocycles. The predicted molar refractivity (Wildman–Crippen MR) is 139 cm³/mol. The smallest absolute Gasteiger partial charge is 0.303 e. The highest BCUT2D eigenvalue weighted by Crippen LogP contribution is 2.42. The topological polar surface area (TPSA) is 116 Å². The summed E-state index contributed by atoms with van der Waals surface area (Å²) < 4.78 is 0. The van der Waals surface area contributed by atoms with Gasteiger partial charge in [-0.2, -0.15) is 0 Å². The van der Waals surface area contributed by atoms with Gasteiger partial charge in [-0.3, -0.25) is 29.1 Å². The molecule has 2 aromatic rings. The van der Waals surface area contributed by atoms with E-state index in [-0.39, 0.29) is 35.8 Å². The van der Waals surface area contributed by atoms with Crippen molar-refractivity contribution in [3.63, 3.8) is 0 Å². The number of allylic oxidation sites excluding steroid dienone is 1. The molecule has 0 saturated heterocycles. The van der Waals surface area contributed by atoms with E-state index in [0.29, 0.717) is 13.0 Å². The van der Waals surface area contributed by atoms with Crippen LogP contribution in [0.4, 0.5) is 0 Å². The molecule has 2 aliphatic rings. The number of aliphatic imine (C=N–C) groups is 1. The summed E-state index contributed by atoms with van der Waals surface area (Å²) in [7, 11) is 0. The van der Waals surface area contributed by atoms with Crippen LogP contribution in [0, 0.1) is 11.8 Å². The number of rotatable bonds is 11. The van der Waals surface area contributed by atoms with Crippen LogP contribution in [0.25, 0.3) is 0 Å². The van der Waals surface area contributed by atoms with Gasteiger partial charge >= 0.3 is 5.97 Å². The van der Waals surface area contributed by atoms with E-state index < -0.39 is 35.3 Å². The summed E-state index contributed by atoms with van der Waals surface area (Å²) in [5.41, 5.74) is 0.167. The molecule has 3 amide bonds. The zero-order chi connectivity index (χ0) is 26.6. The lowest BCUT2D eigenvalue weighted by molar-refractivity contribution is -0.137. The molecule has 2 aliphatic heterocycles. The molecule has 0 fully saturated rings. The van der Waals surface area contributed by atoms with Crippen LogP contribution in [0.1, 0.15) is 59.4 Å². The second-order valence-corrected chi connectivity index (χ2v) is 9.88. The van der Waals surface area contributed by atoms with Gasteiger partial charge in [-0.15, -0.1) is 0 Å². The lowest BCUT2D eigenvalue weighted by Gasteiger charge is -2.43. The van der Waals surface area contributed by atoms with Crippen molar-refractivity contribution in [1.29, 1.82) is 0 Å². The third-order valence-electron chi connectivity index (χ3n) is 6.94. The fourth-order valence-electron chi connectivity index (χ4n) is 5.25. The first-order valence-corrected chi connectivity index (χ1v) is 12.5. The Morgan fingerprint density at radius 2 is 1.62 bits per heavy atom. The van der Waals surface area contributed by atoms with Crippen LogP contribution in [0.3, 0.4) is 0 Å². The van der Waals surface area contributed by atoms with Crippen LogP contribution < -0.4 is 5.32 Å². The molecule has 3 atom stereocenters. The Balaban J connectivity index is 1.75. The largest absolute Gasteiger partial charge is 0.481 e. The highest BCUT2D eigenvalue weighted by atomic mass is 16.4. The second-order valence-electron chi connectivity index (χ2n) is 9.88. The van der Waals surface area contributed by atoms with Gasteiger partial charge in [-0.05, 0) is 42.5 Å². The van der Waals surface area contributed by atoms with E-state index in [0.717, 1.165) is 10.5 Å². The van der Waals surface area contributed by atoms with Gasteiger partial charge in [-0.1, -0.05) is 62.4 Å². The number of aliphatic carboxylic acids is 1. The summed E-state index contributed by atoms with van der Waals surface area (Å²) in [5.74, 6) is -2.97. The molecule has 4 rings (SSSR count). The van der Waals surface area contributed by atoms with Crippen LogP contribution in [0.5, 0.6) is 0 Å². The zero-order valence-electron chi connectivity index (χ0n) is 21.0. The number of carboxylic acid groups (broad SMARTS) is 1. The van der Waals surface area contributed by atoms with Crippen molar-refractivity contribution < 1.29 is 24.3 Å². The number of carbonyl (C=O) groups is 4. The molecule has 2 heterocycles. The maximum absolute atomic E-state index is 13.8. The SMILES string of the molecule is CC(C)CC(C(=O)NCc1ccccc1)C1(C(CCC(=O)O)N2C(=O)c3ccccc3C2=O)C=CC=N1. The van der Waals surface area contributed by atoms with Crippen molar-refractivity contribution in [2.45, 2.75) is 51.2 Å². The minimum absolute atomic E-state index is 0.0386. The minimum atomic E-state index is -1.30. The number of amides is 3. The maximum atomic E-state index is 13.8. The van der Waals surface area contributed by atoms with E-state index in [9.17, 15) is 24.3 Å². The molecule has 0 spiro atoms. The van der Waals surface area contributed by atoms with Crippen LogP contribution in [-0.4, -0.2) is 51.5 Å². The minimum Gasteiger partial charge on any atom is -0.481 e. The highest BCUT2D eigenvalue weighted by molar-refractivity contribution is 6.21. The van der Waals surface area contributed by atoms with Gasteiger partial charge in [0.2, 0.25) is 5.91 Å². The van der Waals surface area contributed by atoms with Gasteiger partial charge in [-0.25, -0.2) is 0 Å². The Morgan fingerprint density at radius 1 is 1.00 bits per heavy atom. The van der Waals surface area contributed by atoms with Crippen molar-refractivity contribution in [1.82, 2.24) is 10.2 Å². The number of nitrogens with one attached hydrogen (secondary N) is 1. The number of hydrogen-bond acceptors (Lipinski definition) is 5. The average Bonchev–Trinajstić information content (AvgIpc) is 3.47. The first-order chi connectivity index (χ1) is 17.7. The standard InChI is InChI=1S/C29H31N3O5/c1-19(2)17-23(26(35)30-18-20-9-4-3-5-10-20)29(15-8-16-31-29)24(13-14-25(33)34)32-27(36)21-11-6-7-12-22(21)28(32)37/h3-12,15-16,19,23-24H,13-14,17-18H2,1-2H3,(H,30,35)(H,33,34). The fraction of sp³-hybridized carbons (Fsp3) is 0.345. The summed E-state index contributed by atoms with van der Waals surface area (Å²) in [6, 6.07) is 15.1. The highest BCUT2D eigenvalue weighted by Gasteiger charge is 2.54. The van der Waals surface area contributed by atoms with Crippen molar-refractivity contribution >= 4 is 29.9 Å². The van der Waals surface area contributed by atoms with Crippen LogP contribution >= 0.6 is 0 Å². The molecule has 192 valence electrons. The summed E-state index contributed by atoms with van der Waals surface area (Å²) >= 11 is 0. The molecule has 3 unspecified atom stereocenters. The van der Waals surface area contributed by atoms with Crippen LogP contribution in [0.15, 0.2) is 71.7 Å². The van der Waals surface area contributed by atoms with Gasteiger partial charge in [0, 0.05) is 19.2 Å². The predicted octanol–water partition coefficient (Wildman–Crippen LogP) is 3.87. The molecule has 2 N–H and O–H groups in total. The van der Waals surface area contributed by atoms with Gasteiger partial charge in [0.15, 0.2) is 0 Å². The fourth-order valence-corrected chi connectivity index (χ4v) is 5.25. The second kappa shape index (κ2) is 10.9. The normalized spacial score (nSPS) is 19.8. The number of imide groups is 1. The third-order valence-corrected chi connectivity index (χ3v) is 6.94. The molecule has 0 bridgehead atoms. The summed E-state index contributed by atoms with van der Waals surface area (Å²) in [6.07, 6.45) is 5.10. The van der Waals surface area contributed by atoms with E-state index in [1.54, 1.807) is 42.6 Å². The molecule has 8 nitrogen and oxygen atoms in total.